The molecule has 3 aromatic rings. The lowest BCUT2D eigenvalue weighted by molar-refractivity contribution is -0.253. The fourth-order valence-corrected chi connectivity index (χ4v) is 3.43. The van der Waals surface area contributed by atoms with Crippen molar-refractivity contribution in [1.82, 2.24) is 0 Å². The van der Waals surface area contributed by atoms with Crippen LogP contribution in [0.15, 0.2) is 66.7 Å². The van der Waals surface area contributed by atoms with E-state index in [0.717, 1.165) is 18.2 Å². The molecule has 3 aromatic carbocycles. The van der Waals surface area contributed by atoms with Gasteiger partial charge in [-0.25, -0.2) is 8.78 Å². The van der Waals surface area contributed by atoms with Crippen LogP contribution < -0.4 is 14.4 Å². The van der Waals surface area contributed by atoms with Crippen molar-refractivity contribution in [3.05, 3.63) is 78.4 Å². The number of hydrogen-bond acceptors (Lipinski definition) is 4. The first-order valence-corrected chi connectivity index (χ1v) is 10.9. The minimum Gasteiger partial charge on any atom is -0.489 e. The average molecular weight is 553 g/mol. The van der Waals surface area contributed by atoms with Crippen LogP contribution in [-0.2, 0) is 0 Å². The van der Waals surface area contributed by atoms with E-state index in [1.54, 1.807) is 18.2 Å². The Hall–Kier alpha value is -3.61. The molecular formula is C25H20F9NO3. The van der Waals surface area contributed by atoms with Crippen LogP contribution in [-0.4, -0.2) is 49.6 Å². The van der Waals surface area contributed by atoms with E-state index in [4.69, 9.17) is 4.74 Å². The lowest BCUT2D eigenvalue weighted by atomic mass is 10.0. The molecule has 0 saturated heterocycles. The van der Waals surface area contributed by atoms with Crippen molar-refractivity contribution in [1.29, 1.82) is 0 Å². The number of ether oxygens (including phenoxy) is 2. The molecule has 0 fully saturated rings. The highest BCUT2D eigenvalue weighted by molar-refractivity contribution is 5.79. The van der Waals surface area contributed by atoms with E-state index >= 15 is 0 Å². The van der Waals surface area contributed by atoms with E-state index in [1.807, 2.05) is 0 Å². The summed E-state index contributed by atoms with van der Waals surface area (Å²) in [5.74, 6) is -1.60. The number of fused-ring (bicyclic) bond motifs is 1. The minimum absolute atomic E-state index is 0.0897. The molecule has 4 rings (SSSR count). The standard InChI is InChI=1S/C17H14F5NO2.C8H6F4O/c18-11-6-10(7-12(19)8-11)13-2-1-3-14-16(13)25-5-4-23(14)9-15(24)17(20,21)22;9-7(10)8(11,12)13-6-4-2-1-3-5-6/h1-3,6-8,15,24H,4-5,9H2;1-5,7H/t15-;/m0./s1. The Kier molecular flexibility index (Phi) is 9.02. The third-order valence-corrected chi connectivity index (χ3v) is 5.14. The molecule has 0 aliphatic carbocycles. The van der Waals surface area contributed by atoms with Gasteiger partial charge in [0.05, 0.1) is 18.8 Å². The summed E-state index contributed by atoms with van der Waals surface area (Å²) in [6.45, 7) is -0.408. The highest BCUT2D eigenvalue weighted by Gasteiger charge is 2.44. The fourth-order valence-electron chi connectivity index (χ4n) is 3.43. The zero-order chi connectivity index (χ0) is 28.1. The number of hydrogen-bond donors (Lipinski definition) is 1. The third kappa shape index (κ3) is 7.46. The molecule has 0 amide bonds. The first-order valence-electron chi connectivity index (χ1n) is 10.9. The maximum atomic E-state index is 13.5. The van der Waals surface area contributed by atoms with Crippen LogP contribution in [0.3, 0.4) is 0 Å². The summed E-state index contributed by atoms with van der Waals surface area (Å²) in [4.78, 5) is 1.34. The summed E-state index contributed by atoms with van der Waals surface area (Å²) in [7, 11) is 0. The molecule has 0 spiro atoms. The second-order valence-corrected chi connectivity index (χ2v) is 7.94. The second kappa shape index (κ2) is 11.8. The monoisotopic (exact) mass is 553 g/mol. The van der Waals surface area contributed by atoms with Crippen LogP contribution >= 0.6 is 0 Å². The molecule has 1 atom stereocenters. The molecule has 206 valence electrons. The van der Waals surface area contributed by atoms with Crippen LogP contribution in [0.2, 0.25) is 0 Å². The molecule has 1 aliphatic heterocycles. The lowest BCUT2D eigenvalue weighted by Gasteiger charge is -2.34. The minimum atomic E-state index is -4.73. The molecule has 0 saturated carbocycles. The number of halogens is 9. The molecule has 0 aromatic heterocycles. The summed E-state index contributed by atoms with van der Waals surface area (Å²) in [6.07, 6.45) is -15.5. The number of anilines is 1. The number of benzene rings is 3. The van der Waals surface area contributed by atoms with Gasteiger partial charge in [-0.3, -0.25) is 0 Å². The molecule has 0 radical (unpaired) electrons. The van der Waals surface area contributed by atoms with Gasteiger partial charge in [0.25, 0.3) is 0 Å². The number of nitrogens with zero attached hydrogens (tertiary/aromatic N) is 1. The lowest BCUT2D eigenvalue weighted by Crippen LogP contribution is -2.44. The van der Waals surface area contributed by atoms with E-state index in [2.05, 4.69) is 4.74 Å². The molecular weight excluding hydrogens is 533 g/mol. The van der Waals surface area contributed by atoms with E-state index in [0.29, 0.717) is 11.3 Å². The number of aliphatic hydroxyl groups excluding tert-OH is 1. The van der Waals surface area contributed by atoms with Crippen LogP contribution in [0.25, 0.3) is 11.1 Å². The number of aliphatic hydroxyl groups is 1. The van der Waals surface area contributed by atoms with Crippen molar-refractivity contribution in [3.8, 4) is 22.6 Å². The van der Waals surface area contributed by atoms with Crippen LogP contribution in [0.4, 0.5) is 45.2 Å². The highest BCUT2D eigenvalue weighted by Crippen LogP contribution is 2.41. The van der Waals surface area contributed by atoms with Crippen LogP contribution in [0.1, 0.15) is 0 Å². The topological polar surface area (TPSA) is 41.9 Å². The largest absolute Gasteiger partial charge is 0.489 e. The van der Waals surface area contributed by atoms with Gasteiger partial charge in [0.1, 0.15) is 24.0 Å². The zero-order valence-corrected chi connectivity index (χ0v) is 19.2. The van der Waals surface area contributed by atoms with Gasteiger partial charge in [-0.2, -0.15) is 30.7 Å². The Balaban J connectivity index is 0.000000260. The number of para-hydroxylation sites is 2. The molecule has 1 aliphatic rings. The SMILES string of the molecule is FC(F)C(F)(F)Oc1ccccc1.O[C@@H](CN1CCOc2c(-c3cc(F)cc(F)c3)cccc21)C(F)(F)F. The Morgan fingerprint density at radius 2 is 1.53 bits per heavy atom. The molecule has 13 heteroatoms. The number of β-amino-alcohol motifs (C(OH)–C–C–N with tert-alkyl or cyclic N) is 1. The Morgan fingerprint density at radius 3 is 2.11 bits per heavy atom. The normalized spacial score (nSPS) is 14.2. The summed E-state index contributed by atoms with van der Waals surface area (Å²) in [5.41, 5.74) is 0.909. The van der Waals surface area contributed by atoms with Gasteiger partial charge in [0, 0.05) is 11.6 Å². The van der Waals surface area contributed by atoms with Crippen molar-refractivity contribution < 1.29 is 54.1 Å². The quantitative estimate of drug-likeness (QED) is 0.346. The van der Waals surface area contributed by atoms with E-state index in [-0.39, 0.29) is 30.2 Å². The van der Waals surface area contributed by atoms with Crippen molar-refractivity contribution in [2.24, 2.45) is 0 Å². The van der Waals surface area contributed by atoms with Crippen molar-refractivity contribution >= 4 is 5.69 Å². The van der Waals surface area contributed by atoms with Gasteiger partial charge in [-0.05, 0) is 35.9 Å². The summed E-state index contributed by atoms with van der Waals surface area (Å²) in [6, 6.07) is 14.4. The fraction of sp³-hybridized carbons (Fsp3) is 0.280. The molecule has 0 unspecified atom stereocenters. The van der Waals surface area contributed by atoms with Gasteiger partial charge < -0.3 is 19.5 Å². The van der Waals surface area contributed by atoms with E-state index < -0.39 is 43.0 Å². The third-order valence-electron chi connectivity index (χ3n) is 5.14. The van der Waals surface area contributed by atoms with Gasteiger partial charge in [-0.15, -0.1) is 0 Å². The zero-order valence-electron chi connectivity index (χ0n) is 19.2. The number of alkyl halides is 7. The van der Waals surface area contributed by atoms with Gasteiger partial charge in [-0.1, -0.05) is 30.3 Å². The molecule has 0 bridgehead atoms. The second-order valence-electron chi connectivity index (χ2n) is 7.94. The predicted molar refractivity (Wildman–Crippen MR) is 120 cm³/mol. The molecule has 1 N–H and O–H groups in total. The van der Waals surface area contributed by atoms with E-state index in [9.17, 15) is 44.6 Å². The average Bonchev–Trinajstić information content (AvgIpc) is 2.83. The van der Waals surface area contributed by atoms with Gasteiger partial charge in [0.2, 0.25) is 0 Å². The van der Waals surface area contributed by atoms with Crippen molar-refractivity contribution in [3.63, 3.8) is 0 Å². The van der Waals surface area contributed by atoms with Crippen LogP contribution in [0.5, 0.6) is 11.5 Å². The van der Waals surface area contributed by atoms with E-state index in [1.165, 1.54) is 35.2 Å². The van der Waals surface area contributed by atoms with Crippen molar-refractivity contribution in [2.75, 3.05) is 24.6 Å². The Labute approximate surface area is 210 Å². The first kappa shape index (κ1) is 29.0. The van der Waals surface area contributed by atoms with Gasteiger partial charge >= 0.3 is 18.7 Å². The van der Waals surface area contributed by atoms with Gasteiger partial charge in [0.15, 0.2) is 11.9 Å². The number of rotatable bonds is 6. The van der Waals surface area contributed by atoms with Crippen LogP contribution in [0, 0.1) is 11.6 Å². The molecule has 38 heavy (non-hydrogen) atoms. The maximum absolute atomic E-state index is 13.5. The Morgan fingerprint density at radius 1 is 0.895 bits per heavy atom. The Bertz CT molecular complexity index is 1190. The molecule has 4 nitrogen and oxygen atoms in total. The summed E-state index contributed by atoms with van der Waals surface area (Å²) >= 11 is 0. The summed E-state index contributed by atoms with van der Waals surface area (Å²) in [5, 5.41) is 9.32. The first-order chi connectivity index (χ1) is 17.8. The van der Waals surface area contributed by atoms with Crippen molar-refractivity contribution in [2.45, 2.75) is 24.8 Å². The smallest absolute Gasteiger partial charge is 0.461 e. The maximum Gasteiger partial charge on any atom is 0.461 e. The summed E-state index contributed by atoms with van der Waals surface area (Å²) < 4.78 is 122. The molecule has 1 heterocycles. The highest BCUT2D eigenvalue weighted by atomic mass is 19.4. The predicted octanol–water partition coefficient (Wildman–Crippen LogP) is 6.68.